The number of rotatable bonds is 8. The first-order valence-corrected chi connectivity index (χ1v) is 10.2. The number of nitrogens with one attached hydrogen (secondary N) is 1. The number of alkyl carbamates (subject to hydrolysis) is 1. The van der Waals surface area contributed by atoms with Crippen molar-refractivity contribution >= 4 is 17.9 Å². The van der Waals surface area contributed by atoms with Gasteiger partial charge in [0.15, 0.2) is 0 Å². The van der Waals surface area contributed by atoms with E-state index in [0.717, 1.165) is 24.8 Å². The molecule has 1 N–H and O–H groups in total. The lowest BCUT2D eigenvalue weighted by Gasteiger charge is -2.35. The van der Waals surface area contributed by atoms with Crippen LogP contribution in [0.2, 0.25) is 0 Å². The molecule has 1 saturated carbocycles. The fraction of sp³-hybridized carbons (Fsp3) is 0.650. The lowest BCUT2D eigenvalue weighted by atomic mass is 9.92. The van der Waals surface area contributed by atoms with E-state index in [2.05, 4.69) is 29.4 Å². The highest BCUT2D eigenvalue weighted by atomic mass is 32.2. The molecule has 1 aliphatic carbocycles. The SMILES string of the molecule is CN(CC[C@H](CSc1ccccc1)NC(=O)OC(C)(C)C)C1CCC1. The minimum Gasteiger partial charge on any atom is -0.444 e. The lowest BCUT2D eigenvalue weighted by molar-refractivity contribution is 0.0502. The van der Waals surface area contributed by atoms with E-state index in [-0.39, 0.29) is 12.1 Å². The highest BCUT2D eigenvalue weighted by molar-refractivity contribution is 7.99. The molecular formula is C20H32N2O2S. The number of ether oxygens (including phenoxy) is 1. The first-order chi connectivity index (χ1) is 11.8. The third-order valence-corrected chi connectivity index (χ3v) is 5.62. The standard InChI is InChI=1S/C20H32N2O2S/c1-20(2,3)24-19(23)21-16(13-14-22(4)17-9-8-10-17)15-25-18-11-6-5-7-12-18/h5-7,11-12,16-17H,8-10,13-15H2,1-4H3,(H,21,23)/t16-/m1/s1. The Bertz CT molecular complexity index is 526. The van der Waals surface area contributed by atoms with Crippen LogP contribution in [0.4, 0.5) is 4.79 Å². The molecule has 4 nitrogen and oxygen atoms in total. The molecular weight excluding hydrogens is 332 g/mol. The van der Waals surface area contributed by atoms with Gasteiger partial charge in [-0.25, -0.2) is 4.79 Å². The second kappa shape index (κ2) is 9.48. The molecule has 1 amide bonds. The molecule has 25 heavy (non-hydrogen) atoms. The van der Waals surface area contributed by atoms with E-state index in [9.17, 15) is 4.79 Å². The van der Waals surface area contributed by atoms with Crippen molar-refractivity contribution in [2.75, 3.05) is 19.3 Å². The maximum Gasteiger partial charge on any atom is 0.407 e. The zero-order valence-corrected chi connectivity index (χ0v) is 16.8. The fourth-order valence-corrected chi connectivity index (χ4v) is 3.75. The minimum absolute atomic E-state index is 0.0996. The molecule has 0 aromatic heterocycles. The van der Waals surface area contributed by atoms with Gasteiger partial charge in [0.2, 0.25) is 0 Å². The van der Waals surface area contributed by atoms with E-state index in [4.69, 9.17) is 4.74 Å². The van der Waals surface area contributed by atoms with Gasteiger partial charge in [0.05, 0.1) is 0 Å². The van der Waals surface area contributed by atoms with Gasteiger partial charge < -0.3 is 15.0 Å². The van der Waals surface area contributed by atoms with Crippen LogP contribution >= 0.6 is 11.8 Å². The molecule has 0 bridgehead atoms. The Hall–Kier alpha value is -1.20. The summed E-state index contributed by atoms with van der Waals surface area (Å²) in [6.07, 6.45) is 4.57. The Morgan fingerprint density at radius 1 is 1.32 bits per heavy atom. The minimum atomic E-state index is -0.468. The van der Waals surface area contributed by atoms with Crippen LogP contribution in [0.25, 0.3) is 0 Å². The number of amides is 1. The molecule has 2 rings (SSSR count). The Kier molecular flexibility index (Phi) is 7.63. The fourth-order valence-electron chi connectivity index (χ4n) is 2.75. The van der Waals surface area contributed by atoms with Crippen LogP contribution in [-0.4, -0.2) is 48.0 Å². The summed E-state index contributed by atoms with van der Waals surface area (Å²) in [7, 11) is 2.19. The number of carbonyl (C=O) groups excluding carboxylic acids is 1. The summed E-state index contributed by atoms with van der Waals surface area (Å²) in [6, 6.07) is 11.2. The van der Waals surface area contributed by atoms with Crippen LogP contribution in [0, 0.1) is 0 Å². The van der Waals surface area contributed by atoms with Gasteiger partial charge in [-0.2, -0.15) is 0 Å². The third-order valence-electron chi connectivity index (χ3n) is 4.44. The summed E-state index contributed by atoms with van der Waals surface area (Å²) in [5.74, 6) is 0.849. The smallest absolute Gasteiger partial charge is 0.407 e. The number of benzene rings is 1. The van der Waals surface area contributed by atoms with E-state index in [0.29, 0.717) is 0 Å². The Morgan fingerprint density at radius 3 is 2.56 bits per heavy atom. The Labute approximate surface area is 156 Å². The highest BCUT2D eigenvalue weighted by Gasteiger charge is 2.24. The van der Waals surface area contributed by atoms with Gasteiger partial charge in [0.25, 0.3) is 0 Å². The summed E-state index contributed by atoms with van der Waals surface area (Å²) in [4.78, 5) is 15.8. The van der Waals surface area contributed by atoms with Crippen LogP contribution in [-0.2, 0) is 4.74 Å². The van der Waals surface area contributed by atoms with Crippen molar-refractivity contribution in [3.63, 3.8) is 0 Å². The lowest BCUT2D eigenvalue weighted by Crippen LogP contribution is -2.44. The van der Waals surface area contributed by atoms with E-state index in [1.807, 2.05) is 39.0 Å². The molecule has 5 heteroatoms. The number of carbonyl (C=O) groups is 1. The Balaban J connectivity index is 1.86. The molecule has 1 aliphatic rings. The average molecular weight is 365 g/mol. The average Bonchev–Trinajstić information content (AvgIpc) is 2.47. The van der Waals surface area contributed by atoms with Gasteiger partial charge >= 0.3 is 6.09 Å². The van der Waals surface area contributed by atoms with Crippen molar-refractivity contribution in [2.24, 2.45) is 0 Å². The van der Waals surface area contributed by atoms with Gasteiger partial charge in [-0.05, 0) is 59.2 Å². The molecule has 140 valence electrons. The van der Waals surface area contributed by atoms with Crippen molar-refractivity contribution in [1.29, 1.82) is 0 Å². The molecule has 0 saturated heterocycles. The van der Waals surface area contributed by atoms with Gasteiger partial charge in [-0.15, -0.1) is 11.8 Å². The van der Waals surface area contributed by atoms with Crippen LogP contribution in [0.5, 0.6) is 0 Å². The molecule has 0 spiro atoms. The van der Waals surface area contributed by atoms with Crippen molar-refractivity contribution in [2.45, 2.75) is 69.0 Å². The summed E-state index contributed by atoms with van der Waals surface area (Å²) >= 11 is 1.78. The van der Waals surface area contributed by atoms with Crippen molar-refractivity contribution in [1.82, 2.24) is 10.2 Å². The molecule has 0 radical (unpaired) electrons. The molecule has 0 unspecified atom stereocenters. The van der Waals surface area contributed by atoms with Gasteiger partial charge in [0, 0.05) is 29.3 Å². The second-order valence-electron chi connectivity index (χ2n) is 7.82. The van der Waals surface area contributed by atoms with Crippen LogP contribution in [0.15, 0.2) is 35.2 Å². The van der Waals surface area contributed by atoms with E-state index in [1.54, 1.807) is 11.8 Å². The van der Waals surface area contributed by atoms with E-state index < -0.39 is 5.60 Å². The number of nitrogens with zero attached hydrogens (tertiary/aromatic N) is 1. The molecule has 1 aromatic carbocycles. The van der Waals surface area contributed by atoms with Crippen molar-refractivity contribution in [3.05, 3.63) is 30.3 Å². The van der Waals surface area contributed by atoms with Crippen molar-refractivity contribution < 1.29 is 9.53 Å². The number of thioether (sulfide) groups is 1. The van der Waals surface area contributed by atoms with E-state index in [1.165, 1.54) is 24.2 Å². The quantitative estimate of drug-likeness (QED) is 0.687. The number of hydrogen-bond donors (Lipinski definition) is 1. The predicted molar refractivity (Wildman–Crippen MR) is 105 cm³/mol. The molecule has 0 aliphatic heterocycles. The third kappa shape index (κ3) is 7.70. The molecule has 1 fully saturated rings. The van der Waals surface area contributed by atoms with Crippen molar-refractivity contribution in [3.8, 4) is 0 Å². The molecule has 1 aromatic rings. The largest absolute Gasteiger partial charge is 0.444 e. The van der Waals surface area contributed by atoms with Crippen LogP contribution in [0.3, 0.4) is 0 Å². The normalized spacial score (nSPS) is 16.4. The maximum absolute atomic E-state index is 12.2. The summed E-state index contributed by atoms with van der Waals surface area (Å²) in [5, 5.41) is 3.07. The van der Waals surface area contributed by atoms with Gasteiger partial charge in [-0.3, -0.25) is 0 Å². The maximum atomic E-state index is 12.2. The number of hydrogen-bond acceptors (Lipinski definition) is 4. The predicted octanol–water partition coefficient (Wildman–Crippen LogP) is 4.55. The zero-order valence-electron chi connectivity index (χ0n) is 16.0. The second-order valence-corrected chi connectivity index (χ2v) is 8.91. The van der Waals surface area contributed by atoms with Gasteiger partial charge in [-0.1, -0.05) is 24.6 Å². The summed E-state index contributed by atoms with van der Waals surface area (Å²) < 4.78 is 5.43. The molecule has 0 heterocycles. The monoisotopic (exact) mass is 364 g/mol. The zero-order chi connectivity index (χ0) is 18.3. The molecule has 1 atom stereocenters. The Morgan fingerprint density at radius 2 is 2.00 bits per heavy atom. The first-order valence-electron chi connectivity index (χ1n) is 9.21. The topological polar surface area (TPSA) is 41.6 Å². The summed E-state index contributed by atoms with van der Waals surface area (Å²) in [5.41, 5.74) is -0.468. The van der Waals surface area contributed by atoms with Crippen LogP contribution in [0.1, 0.15) is 46.5 Å². The van der Waals surface area contributed by atoms with E-state index >= 15 is 0 Å². The first kappa shape index (κ1) is 20.1. The highest BCUT2D eigenvalue weighted by Crippen LogP contribution is 2.24. The van der Waals surface area contributed by atoms with Crippen LogP contribution < -0.4 is 5.32 Å². The van der Waals surface area contributed by atoms with Gasteiger partial charge in [0.1, 0.15) is 5.60 Å². The summed E-state index contributed by atoms with van der Waals surface area (Å²) in [6.45, 7) is 6.68.